The molecule has 0 bridgehead atoms. The summed E-state index contributed by atoms with van der Waals surface area (Å²) < 4.78 is 1.04. The average Bonchev–Trinajstić information content (AvgIpc) is 2.23. The molecule has 0 aliphatic heterocycles. The van der Waals surface area contributed by atoms with E-state index in [1.165, 1.54) is 0 Å². The van der Waals surface area contributed by atoms with Crippen LogP contribution in [0.2, 0.25) is 5.02 Å². The highest BCUT2D eigenvalue weighted by atomic mass is 79.9. The predicted octanol–water partition coefficient (Wildman–Crippen LogP) is 2.96. The van der Waals surface area contributed by atoms with Gasteiger partial charge in [0.25, 0.3) is 0 Å². The summed E-state index contributed by atoms with van der Waals surface area (Å²) in [6, 6.07) is 5.83. The van der Waals surface area contributed by atoms with Gasteiger partial charge in [-0.2, -0.15) is 0 Å². The molecular weight excluding hydrogens is 277 g/mol. The Morgan fingerprint density at radius 3 is 2.87 bits per heavy atom. The molecule has 0 unspecified atom stereocenters. The van der Waals surface area contributed by atoms with Gasteiger partial charge in [0.05, 0.1) is 0 Å². The van der Waals surface area contributed by atoms with Crippen LogP contribution in [0.5, 0.6) is 0 Å². The maximum absolute atomic E-state index is 8.61. The van der Waals surface area contributed by atoms with Crippen LogP contribution in [-0.4, -0.2) is 18.3 Å². The number of hydrogen-bond acceptors (Lipinski definition) is 2. The number of nitrogens with one attached hydrogen (secondary N) is 1. The van der Waals surface area contributed by atoms with E-state index < -0.39 is 0 Å². The normalized spacial score (nSPS) is 10.6. The quantitative estimate of drug-likeness (QED) is 0.790. The zero-order chi connectivity index (χ0) is 11.1. The molecule has 4 heteroatoms. The van der Waals surface area contributed by atoms with Gasteiger partial charge in [-0.1, -0.05) is 27.5 Å². The molecule has 1 aromatic rings. The van der Waals surface area contributed by atoms with Gasteiger partial charge < -0.3 is 10.4 Å². The Bertz CT molecular complexity index is 307. The van der Waals surface area contributed by atoms with E-state index >= 15 is 0 Å². The van der Waals surface area contributed by atoms with Crippen LogP contribution < -0.4 is 5.32 Å². The first-order chi connectivity index (χ1) is 7.24. The van der Waals surface area contributed by atoms with Crippen LogP contribution in [0.1, 0.15) is 18.4 Å². The first-order valence-corrected chi connectivity index (χ1v) is 6.16. The van der Waals surface area contributed by atoms with Crippen LogP contribution in [0.4, 0.5) is 0 Å². The van der Waals surface area contributed by atoms with Crippen LogP contribution >= 0.6 is 27.5 Å². The van der Waals surface area contributed by atoms with Crippen LogP contribution in [0.25, 0.3) is 0 Å². The standard InChI is InChI=1S/C11H15BrClNO/c12-10-3-4-11(13)9(7-10)8-14-5-1-2-6-15/h3-4,7,14-15H,1-2,5-6,8H2. The Morgan fingerprint density at radius 1 is 1.33 bits per heavy atom. The van der Waals surface area contributed by atoms with Gasteiger partial charge >= 0.3 is 0 Å². The van der Waals surface area contributed by atoms with Gasteiger partial charge in [0.2, 0.25) is 0 Å². The Hall–Kier alpha value is -0.0900. The monoisotopic (exact) mass is 291 g/mol. The fraction of sp³-hybridized carbons (Fsp3) is 0.455. The van der Waals surface area contributed by atoms with E-state index in [9.17, 15) is 0 Å². The molecule has 0 aliphatic carbocycles. The van der Waals surface area contributed by atoms with E-state index in [1.54, 1.807) is 0 Å². The number of rotatable bonds is 6. The number of halogens is 2. The van der Waals surface area contributed by atoms with Crippen molar-refractivity contribution >= 4 is 27.5 Å². The average molecular weight is 293 g/mol. The molecule has 0 fully saturated rings. The van der Waals surface area contributed by atoms with E-state index in [2.05, 4.69) is 21.2 Å². The zero-order valence-electron chi connectivity index (χ0n) is 8.47. The number of aliphatic hydroxyl groups excluding tert-OH is 1. The molecule has 0 aliphatic rings. The lowest BCUT2D eigenvalue weighted by Gasteiger charge is -2.06. The molecule has 2 nitrogen and oxygen atoms in total. The lowest BCUT2D eigenvalue weighted by Crippen LogP contribution is -2.15. The predicted molar refractivity (Wildman–Crippen MR) is 67.2 cm³/mol. The third-order valence-corrected chi connectivity index (χ3v) is 2.95. The van der Waals surface area contributed by atoms with E-state index in [1.807, 2.05) is 18.2 Å². The Morgan fingerprint density at radius 2 is 2.13 bits per heavy atom. The van der Waals surface area contributed by atoms with Crippen LogP contribution in [0, 0.1) is 0 Å². The van der Waals surface area contributed by atoms with Gasteiger partial charge in [0.15, 0.2) is 0 Å². The second-order valence-electron chi connectivity index (χ2n) is 3.34. The van der Waals surface area contributed by atoms with Crippen molar-refractivity contribution in [2.24, 2.45) is 0 Å². The fourth-order valence-corrected chi connectivity index (χ4v) is 1.86. The maximum atomic E-state index is 8.61. The van der Waals surface area contributed by atoms with Gasteiger partial charge in [0.1, 0.15) is 0 Å². The molecule has 0 amide bonds. The lowest BCUT2D eigenvalue weighted by molar-refractivity contribution is 0.283. The molecule has 2 N–H and O–H groups in total. The smallest absolute Gasteiger partial charge is 0.0451 e. The van der Waals surface area contributed by atoms with Crippen molar-refractivity contribution in [3.8, 4) is 0 Å². The highest BCUT2D eigenvalue weighted by Gasteiger charge is 2.00. The molecule has 0 heterocycles. The second kappa shape index (κ2) is 7.23. The summed E-state index contributed by atoms with van der Waals surface area (Å²) in [6.07, 6.45) is 1.83. The van der Waals surface area contributed by atoms with E-state index in [4.69, 9.17) is 16.7 Å². The zero-order valence-corrected chi connectivity index (χ0v) is 10.8. The molecular formula is C11H15BrClNO. The molecule has 15 heavy (non-hydrogen) atoms. The highest BCUT2D eigenvalue weighted by molar-refractivity contribution is 9.10. The topological polar surface area (TPSA) is 32.3 Å². The minimum absolute atomic E-state index is 0.263. The summed E-state index contributed by atoms with van der Waals surface area (Å²) in [5, 5.41) is 12.7. The SMILES string of the molecule is OCCCCNCc1cc(Br)ccc1Cl. The Labute approximate surface area is 104 Å². The summed E-state index contributed by atoms with van der Waals surface area (Å²) in [5.41, 5.74) is 1.09. The Kier molecular flexibility index (Phi) is 6.25. The van der Waals surface area contributed by atoms with E-state index in [0.717, 1.165) is 41.0 Å². The van der Waals surface area contributed by atoms with Crippen molar-refractivity contribution in [2.75, 3.05) is 13.2 Å². The van der Waals surface area contributed by atoms with Crippen LogP contribution in [-0.2, 0) is 6.54 Å². The van der Waals surface area contributed by atoms with Crippen LogP contribution in [0.15, 0.2) is 22.7 Å². The van der Waals surface area contributed by atoms with Crippen molar-refractivity contribution in [3.63, 3.8) is 0 Å². The molecule has 84 valence electrons. The number of unbranched alkanes of at least 4 members (excludes halogenated alkanes) is 1. The van der Waals surface area contributed by atoms with E-state index in [0.29, 0.717) is 0 Å². The summed E-state index contributed by atoms with van der Waals surface area (Å²) in [4.78, 5) is 0. The summed E-state index contributed by atoms with van der Waals surface area (Å²) in [7, 11) is 0. The van der Waals surface area contributed by atoms with Gasteiger partial charge in [-0.15, -0.1) is 0 Å². The molecule has 0 atom stereocenters. The third kappa shape index (κ3) is 4.98. The summed E-state index contributed by atoms with van der Waals surface area (Å²) in [5.74, 6) is 0. The molecule has 0 radical (unpaired) electrons. The van der Waals surface area contributed by atoms with E-state index in [-0.39, 0.29) is 6.61 Å². The van der Waals surface area contributed by atoms with Gasteiger partial charge in [0, 0.05) is 22.6 Å². The minimum Gasteiger partial charge on any atom is -0.396 e. The van der Waals surface area contributed by atoms with Gasteiger partial charge in [-0.05, 0) is 43.1 Å². The van der Waals surface area contributed by atoms with Crippen molar-refractivity contribution in [2.45, 2.75) is 19.4 Å². The second-order valence-corrected chi connectivity index (χ2v) is 4.67. The summed E-state index contributed by atoms with van der Waals surface area (Å²) >= 11 is 9.45. The first kappa shape index (κ1) is 13.0. The van der Waals surface area contributed by atoms with Gasteiger partial charge in [-0.25, -0.2) is 0 Å². The molecule has 0 aromatic heterocycles. The maximum Gasteiger partial charge on any atom is 0.0451 e. The van der Waals surface area contributed by atoms with Crippen molar-refractivity contribution in [1.82, 2.24) is 5.32 Å². The highest BCUT2D eigenvalue weighted by Crippen LogP contribution is 2.20. The molecule has 1 aromatic carbocycles. The van der Waals surface area contributed by atoms with Crippen molar-refractivity contribution in [3.05, 3.63) is 33.3 Å². The third-order valence-electron chi connectivity index (χ3n) is 2.08. The first-order valence-electron chi connectivity index (χ1n) is 4.99. The largest absolute Gasteiger partial charge is 0.396 e. The number of benzene rings is 1. The minimum atomic E-state index is 0.263. The van der Waals surface area contributed by atoms with Crippen molar-refractivity contribution < 1.29 is 5.11 Å². The molecule has 0 spiro atoms. The van der Waals surface area contributed by atoms with Crippen LogP contribution in [0.3, 0.4) is 0 Å². The Balaban J connectivity index is 2.33. The lowest BCUT2D eigenvalue weighted by atomic mass is 10.2. The molecule has 0 saturated carbocycles. The van der Waals surface area contributed by atoms with Gasteiger partial charge in [-0.3, -0.25) is 0 Å². The summed E-state index contributed by atoms with van der Waals surface area (Å²) in [6.45, 7) is 1.94. The molecule has 1 rings (SSSR count). The number of aliphatic hydroxyl groups is 1. The fourth-order valence-electron chi connectivity index (χ4n) is 1.26. The number of hydrogen-bond donors (Lipinski definition) is 2. The molecule has 0 saturated heterocycles. The van der Waals surface area contributed by atoms with Crippen molar-refractivity contribution in [1.29, 1.82) is 0 Å².